The molecule has 3 nitrogen and oxygen atoms in total. The fourth-order valence-electron chi connectivity index (χ4n) is 3.88. The highest BCUT2D eigenvalue weighted by molar-refractivity contribution is 5.54. The summed E-state index contributed by atoms with van der Waals surface area (Å²) < 4.78 is 0. The van der Waals surface area contributed by atoms with E-state index in [1.54, 1.807) is 0 Å². The van der Waals surface area contributed by atoms with Crippen LogP contribution in [-0.2, 0) is 0 Å². The fraction of sp³-hybridized carbons (Fsp3) is 0.667. The van der Waals surface area contributed by atoms with Crippen molar-refractivity contribution in [2.75, 3.05) is 31.1 Å². The zero-order valence-electron chi connectivity index (χ0n) is 13.2. The zero-order chi connectivity index (χ0) is 14.7. The van der Waals surface area contributed by atoms with Crippen LogP contribution in [0.3, 0.4) is 0 Å². The lowest BCUT2D eigenvalue weighted by Crippen LogP contribution is -2.47. The number of aliphatic hydroxyl groups is 1. The molecule has 1 aromatic carbocycles. The van der Waals surface area contributed by atoms with Crippen LogP contribution in [0, 0.1) is 0 Å². The van der Waals surface area contributed by atoms with E-state index >= 15 is 0 Å². The van der Waals surface area contributed by atoms with Crippen LogP contribution in [0.4, 0.5) is 5.69 Å². The van der Waals surface area contributed by atoms with Crippen LogP contribution >= 0.6 is 0 Å². The molecule has 2 fully saturated rings. The van der Waals surface area contributed by atoms with Crippen molar-refractivity contribution >= 4 is 5.69 Å². The van der Waals surface area contributed by atoms with Crippen molar-refractivity contribution in [3.63, 3.8) is 0 Å². The van der Waals surface area contributed by atoms with Crippen LogP contribution in [0.2, 0.25) is 0 Å². The summed E-state index contributed by atoms with van der Waals surface area (Å²) >= 11 is 0. The van der Waals surface area contributed by atoms with Gasteiger partial charge in [0.25, 0.3) is 0 Å². The van der Waals surface area contributed by atoms with E-state index in [2.05, 4.69) is 28.0 Å². The first-order chi connectivity index (χ1) is 10.3. The third kappa shape index (κ3) is 3.41. The van der Waals surface area contributed by atoms with Gasteiger partial charge >= 0.3 is 0 Å². The molecule has 116 valence electrons. The van der Waals surface area contributed by atoms with Crippen molar-refractivity contribution in [1.29, 1.82) is 0 Å². The van der Waals surface area contributed by atoms with Crippen molar-refractivity contribution in [2.24, 2.45) is 0 Å². The van der Waals surface area contributed by atoms with E-state index in [1.807, 2.05) is 13.0 Å². The Hall–Kier alpha value is -1.06. The van der Waals surface area contributed by atoms with Crippen LogP contribution < -0.4 is 4.90 Å². The summed E-state index contributed by atoms with van der Waals surface area (Å²) in [5.41, 5.74) is 2.29. The highest BCUT2D eigenvalue weighted by Crippen LogP contribution is 2.30. The third-order valence-electron chi connectivity index (χ3n) is 5.10. The summed E-state index contributed by atoms with van der Waals surface area (Å²) in [5, 5.41) is 9.96. The predicted octanol–water partition coefficient (Wildman–Crippen LogP) is 3.19. The molecule has 3 rings (SSSR count). The Bertz CT molecular complexity index is 446. The first-order valence-electron chi connectivity index (χ1n) is 8.51. The van der Waals surface area contributed by atoms with Crippen LogP contribution in [0.5, 0.6) is 0 Å². The second kappa shape index (κ2) is 6.80. The quantitative estimate of drug-likeness (QED) is 0.925. The van der Waals surface area contributed by atoms with Gasteiger partial charge < -0.3 is 14.9 Å². The zero-order valence-corrected chi connectivity index (χ0v) is 13.2. The SMILES string of the molecule is C[C@H](O)c1ccccc1N1CCC(N2CCCCC2)CC1. The Kier molecular flexibility index (Phi) is 4.81. The molecule has 1 atom stereocenters. The molecule has 2 aliphatic rings. The van der Waals surface area contributed by atoms with Crippen LogP contribution in [0.25, 0.3) is 0 Å². The summed E-state index contributed by atoms with van der Waals surface area (Å²) in [4.78, 5) is 5.17. The molecule has 21 heavy (non-hydrogen) atoms. The lowest BCUT2D eigenvalue weighted by molar-refractivity contribution is 0.141. The molecule has 1 aromatic rings. The molecule has 0 unspecified atom stereocenters. The van der Waals surface area contributed by atoms with Crippen molar-refractivity contribution in [3.05, 3.63) is 29.8 Å². The maximum atomic E-state index is 9.96. The smallest absolute Gasteiger partial charge is 0.0781 e. The van der Waals surface area contributed by atoms with Gasteiger partial charge in [0.2, 0.25) is 0 Å². The van der Waals surface area contributed by atoms with E-state index in [0.717, 1.165) is 24.7 Å². The Morgan fingerprint density at radius 1 is 1.00 bits per heavy atom. The molecular weight excluding hydrogens is 260 g/mol. The number of hydrogen-bond acceptors (Lipinski definition) is 3. The average molecular weight is 288 g/mol. The minimum absolute atomic E-state index is 0.388. The van der Waals surface area contributed by atoms with Gasteiger partial charge in [0.05, 0.1) is 6.10 Å². The van der Waals surface area contributed by atoms with Gasteiger partial charge in [-0.1, -0.05) is 24.6 Å². The topological polar surface area (TPSA) is 26.7 Å². The van der Waals surface area contributed by atoms with Gasteiger partial charge in [-0.15, -0.1) is 0 Å². The maximum absolute atomic E-state index is 9.96. The standard InChI is InChI=1S/C18H28N2O/c1-15(21)17-7-3-4-8-18(17)20-13-9-16(10-14-20)19-11-5-2-6-12-19/h3-4,7-8,15-16,21H,2,5-6,9-14H2,1H3/t15-/m0/s1. The van der Waals surface area contributed by atoms with E-state index in [-0.39, 0.29) is 6.10 Å². The summed E-state index contributed by atoms with van der Waals surface area (Å²) in [6, 6.07) is 9.09. The molecule has 2 saturated heterocycles. The van der Waals surface area contributed by atoms with E-state index < -0.39 is 0 Å². The van der Waals surface area contributed by atoms with E-state index in [4.69, 9.17) is 0 Å². The highest BCUT2D eigenvalue weighted by atomic mass is 16.3. The monoisotopic (exact) mass is 288 g/mol. The molecule has 0 amide bonds. The molecule has 0 saturated carbocycles. The number of nitrogens with zero attached hydrogens (tertiary/aromatic N) is 2. The van der Waals surface area contributed by atoms with Gasteiger partial charge in [-0.2, -0.15) is 0 Å². The Morgan fingerprint density at radius 3 is 2.33 bits per heavy atom. The first kappa shape index (κ1) is 14.9. The van der Waals surface area contributed by atoms with Crippen LogP contribution in [0.15, 0.2) is 24.3 Å². The second-order valence-electron chi connectivity index (χ2n) is 6.55. The summed E-state index contributed by atoms with van der Waals surface area (Å²) in [6.07, 6.45) is 6.30. The average Bonchev–Trinajstić information content (AvgIpc) is 2.56. The van der Waals surface area contributed by atoms with E-state index in [0.29, 0.717) is 0 Å². The number of aliphatic hydroxyl groups excluding tert-OH is 1. The van der Waals surface area contributed by atoms with Gasteiger partial charge in [0.15, 0.2) is 0 Å². The van der Waals surface area contributed by atoms with Gasteiger partial charge in [0, 0.05) is 30.4 Å². The first-order valence-corrected chi connectivity index (χ1v) is 8.51. The van der Waals surface area contributed by atoms with Gasteiger partial charge in [-0.25, -0.2) is 0 Å². The molecule has 2 heterocycles. The van der Waals surface area contributed by atoms with Crippen molar-refractivity contribution in [1.82, 2.24) is 4.90 Å². The molecular formula is C18H28N2O. The number of benzene rings is 1. The Labute approximate surface area is 128 Å². The molecule has 0 bridgehead atoms. The lowest BCUT2D eigenvalue weighted by Gasteiger charge is -2.41. The second-order valence-corrected chi connectivity index (χ2v) is 6.55. The molecule has 3 heteroatoms. The number of piperidine rings is 2. The number of anilines is 1. The molecule has 0 spiro atoms. The molecule has 0 radical (unpaired) electrons. The molecule has 0 aromatic heterocycles. The summed E-state index contributed by atoms with van der Waals surface area (Å²) in [6.45, 7) is 6.69. The third-order valence-corrected chi connectivity index (χ3v) is 5.10. The van der Waals surface area contributed by atoms with Crippen molar-refractivity contribution in [3.8, 4) is 0 Å². The normalized spacial score (nSPS) is 23.2. The maximum Gasteiger partial charge on any atom is 0.0781 e. The van der Waals surface area contributed by atoms with E-state index in [9.17, 15) is 5.11 Å². The number of para-hydroxylation sites is 1. The fourth-order valence-corrected chi connectivity index (χ4v) is 3.88. The number of likely N-dealkylation sites (tertiary alicyclic amines) is 1. The Balaban J connectivity index is 1.63. The van der Waals surface area contributed by atoms with E-state index in [1.165, 1.54) is 50.9 Å². The van der Waals surface area contributed by atoms with Gasteiger partial charge in [-0.3, -0.25) is 0 Å². The highest BCUT2D eigenvalue weighted by Gasteiger charge is 2.26. The van der Waals surface area contributed by atoms with Crippen LogP contribution in [0.1, 0.15) is 50.7 Å². The minimum atomic E-state index is -0.388. The Morgan fingerprint density at radius 2 is 1.67 bits per heavy atom. The number of rotatable bonds is 3. The van der Waals surface area contributed by atoms with Crippen molar-refractivity contribution < 1.29 is 5.11 Å². The van der Waals surface area contributed by atoms with Gasteiger partial charge in [-0.05, 0) is 51.8 Å². The lowest BCUT2D eigenvalue weighted by atomic mass is 9.98. The molecule has 2 aliphatic heterocycles. The van der Waals surface area contributed by atoms with Crippen molar-refractivity contribution in [2.45, 2.75) is 51.2 Å². The van der Waals surface area contributed by atoms with Crippen LogP contribution in [-0.4, -0.2) is 42.2 Å². The summed E-state index contributed by atoms with van der Waals surface area (Å²) in [7, 11) is 0. The van der Waals surface area contributed by atoms with Gasteiger partial charge in [0.1, 0.15) is 0 Å². The minimum Gasteiger partial charge on any atom is -0.389 e. The summed E-state index contributed by atoms with van der Waals surface area (Å²) in [5.74, 6) is 0. The molecule has 0 aliphatic carbocycles. The number of hydrogen-bond donors (Lipinski definition) is 1. The largest absolute Gasteiger partial charge is 0.389 e. The molecule has 1 N–H and O–H groups in total. The predicted molar refractivity (Wildman–Crippen MR) is 87.7 cm³/mol.